The lowest BCUT2D eigenvalue weighted by molar-refractivity contribution is -0.143. The largest absolute Gasteiger partial charge is 0.481 e. The van der Waals surface area contributed by atoms with Gasteiger partial charge in [-0.2, -0.15) is 12.6 Å². The maximum atomic E-state index is 11.3. The number of carbonyl (C=O) groups is 3. The van der Waals surface area contributed by atoms with Crippen molar-refractivity contribution in [2.45, 2.75) is 25.3 Å². The summed E-state index contributed by atoms with van der Waals surface area (Å²) >= 11 is 3.82. The van der Waals surface area contributed by atoms with Gasteiger partial charge < -0.3 is 15.9 Å². The van der Waals surface area contributed by atoms with E-state index in [-0.39, 0.29) is 30.8 Å². The fourth-order valence-electron chi connectivity index (χ4n) is 1.05. The molecule has 0 aromatic carbocycles. The first kappa shape index (κ1) is 14.9. The van der Waals surface area contributed by atoms with Gasteiger partial charge in [0, 0.05) is 18.6 Å². The Bertz CT molecular complexity index is 281. The van der Waals surface area contributed by atoms with Crippen LogP contribution in [0.4, 0.5) is 0 Å². The second kappa shape index (κ2) is 7.24. The van der Waals surface area contributed by atoms with Gasteiger partial charge in [0.05, 0.1) is 5.92 Å². The molecule has 4 N–H and O–H groups in total. The number of carbonyl (C=O) groups excluding carboxylic acids is 1. The van der Waals surface area contributed by atoms with E-state index in [0.717, 1.165) is 0 Å². The average molecular weight is 249 g/mol. The number of thiol groups is 1. The lowest BCUT2D eigenvalue weighted by atomic mass is 10.0. The van der Waals surface area contributed by atoms with Gasteiger partial charge in [-0.1, -0.05) is 0 Å². The molecular weight excluding hydrogens is 234 g/mol. The molecule has 0 bridgehead atoms. The normalized spacial score (nSPS) is 14.1. The summed E-state index contributed by atoms with van der Waals surface area (Å²) in [4.78, 5) is 32.2. The van der Waals surface area contributed by atoms with Crippen LogP contribution in [-0.4, -0.2) is 39.7 Å². The van der Waals surface area contributed by atoms with E-state index < -0.39 is 23.9 Å². The monoisotopic (exact) mass is 249 g/mol. The lowest BCUT2D eigenvalue weighted by Crippen LogP contribution is -2.31. The van der Waals surface area contributed by atoms with E-state index in [0.29, 0.717) is 0 Å². The van der Waals surface area contributed by atoms with Crippen molar-refractivity contribution in [2.24, 2.45) is 11.7 Å². The second-order valence-electron chi connectivity index (χ2n) is 3.44. The number of nitrogens with two attached hydrogens (primary N) is 1. The van der Waals surface area contributed by atoms with Crippen molar-refractivity contribution in [3.05, 3.63) is 0 Å². The minimum atomic E-state index is -1.17. The summed E-state index contributed by atoms with van der Waals surface area (Å²) in [5, 5.41) is 17.1. The van der Waals surface area contributed by atoms with Gasteiger partial charge in [-0.05, 0) is 6.42 Å². The number of Topliss-reactive ketones (excluding diaryl/α,β-unsaturated/α-hetero) is 1. The molecule has 2 atom stereocenters. The predicted molar refractivity (Wildman–Crippen MR) is 59.4 cm³/mol. The van der Waals surface area contributed by atoms with E-state index in [1.54, 1.807) is 0 Å². The van der Waals surface area contributed by atoms with E-state index in [2.05, 4.69) is 12.6 Å². The molecule has 0 rings (SSSR count). The molecule has 0 unspecified atom stereocenters. The van der Waals surface area contributed by atoms with Crippen LogP contribution in [0.1, 0.15) is 19.3 Å². The molecule has 0 aliphatic carbocycles. The molecule has 0 aliphatic rings. The van der Waals surface area contributed by atoms with Gasteiger partial charge >= 0.3 is 11.9 Å². The standard InChI is InChI=1S/C9H15NO5S/c10-7(9(14)15)2-1-6(11)3-5(4-16)8(12)13/h5,7,16H,1-4,10H2,(H,12,13)(H,14,15)/t5-,7-/m0/s1. The van der Waals surface area contributed by atoms with Gasteiger partial charge in [-0.25, -0.2) is 0 Å². The zero-order chi connectivity index (χ0) is 12.7. The van der Waals surface area contributed by atoms with Gasteiger partial charge in [0.25, 0.3) is 0 Å². The zero-order valence-corrected chi connectivity index (χ0v) is 9.52. The predicted octanol–water partition coefficient (Wildman–Crippen LogP) is -0.232. The topological polar surface area (TPSA) is 118 Å². The quantitative estimate of drug-likeness (QED) is 0.441. The number of aliphatic carboxylic acids is 2. The van der Waals surface area contributed by atoms with Crippen molar-refractivity contribution >= 4 is 30.4 Å². The molecule has 16 heavy (non-hydrogen) atoms. The Kier molecular flexibility index (Phi) is 6.75. The minimum absolute atomic E-state index is 0.0209. The van der Waals surface area contributed by atoms with Gasteiger partial charge in [-0.3, -0.25) is 14.4 Å². The highest BCUT2D eigenvalue weighted by Gasteiger charge is 2.20. The Labute approximate surface area is 98.2 Å². The first-order valence-corrected chi connectivity index (χ1v) is 5.35. The Hall–Kier alpha value is -1.08. The highest BCUT2D eigenvalue weighted by Crippen LogP contribution is 2.09. The van der Waals surface area contributed by atoms with Crippen molar-refractivity contribution in [1.29, 1.82) is 0 Å². The number of carboxylic acid groups (broad SMARTS) is 2. The summed E-state index contributed by atoms with van der Waals surface area (Å²) in [7, 11) is 0. The summed E-state index contributed by atoms with van der Waals surface area (Å²) in [6, 6.07) is -1.08. The summed E-state index contributed by atoms with van der Waals surface area (Å²) < 4.78 is 0. The van der Waals surface area contributed by atoms with Crippen molar-refractivity contribution in [2.75, 3.05) is 5.75 Å². The fourth-order valence-corrected chi connectivity index (χ4v) is 1.33. The fraction of sp³-hybridized carbons (Fsp3) is 0.667. The number of carboxylic acids is 2. The highest BCUT2D eigenvalue weighted by atomic mass is 32.1. The van der Waals surface area contributed by atoms with Crippen LogP contribution in [0, 0.1) is 5.92 Å². The summed E-state index contributed by atoms with van der Waals surface area (Å²) in [5.41, 5.74) is 5.20. The summed E-state index contributed by atoms with van der Waals surface area (Å²) in [5.74, 6) is -3.30. The van der Waals surface area contributed by atoms with Crippen LogP contribution >= 0.6 is 12.6 Å². The number of rotatable bonds is 8. The van der Waals surface area contributed by atoms with Crippen LogP contribution in [0.2, 0.25) is 0 Å². The van der Waals surface area contributed by atoms with E-state index in [9.17, 15) is 14.4 Å². The molecule has 0 aliphatic heterocycles. The van der Waals surface area contributed by atoms with E-state index in [1.807, 2.05) is 0 Å². The third-order valence-corrected chi connectivity index (χ3v) is 2.54. The van der Waals surface area contributed by atoms with E-state index in [1.165, 1.54) is 0 Å². The highest BCUT2D eigenvalue weighted by molar-refractivity contribution is 7.80. The van der Waals surface area contributed by atoms with Crippen LogP contribution in [-0.2, 0) is 14.4 Å². The Balaban J connectivity index is 3.99. The second-order valence-corrected chi connectivity index (χ2v) is 3.81. The molecule has 0 saturated carbocycles. The SMILES string of the molecule is N[C@@H](CCC(=O)C[C@@H](CS)C(=O)O)C(=O)O. The molecule has 0 radical (unpaired) electrons. The third kappa shape index (κ3) is 5.72. The van der Waals surface area contributed by atoms with Crippen LogP contribution in [0.15, 0.2) is 0 Å². The zero-order valence-electron chi connectivity index (χ0n) is 8.63. The van der Waals surface area contributed by atoms with E-state index in [4.69, 9.17) is 15.9 Å². The minimum Gasteiger partial charge on any atom is -0.481 e. The molecule has 7 heteroatoms. The van der Waals surface area contributed by atoms with Crippen LogP contribution in [0.3, 0.4) is 0 Å². The summed E-state index contributed by atoms with van der Waals surface area (Å²) in [6.45, 7) is 0. The number of hydrogen-bond donors (Lipinski definition) is 4. The van der Waals surface area contributed by atoms with Crippen molar-refractivity contribution in [3.8, 4) is 0 Å². The van der Waals surface area contributed by atoms with Crippen molar-refractivity contribution in [3.63, 3.8) is 0 Å². The molecule has 0 aromatic heterocycles. The molecular formula is C9H15NO5S. The summed E-state index contributed by atoms with van der Waals surface area (Å²) in [6.07, 6.45) is -0.136. The molecule has 0 spiro atoms. The van der Waals surface area contributed by atoms with Crippen molar-refractivity contribution in [1.82, 2.24) is 0 Å². The van der Waals surface area contributed by atoms with Crippen molar-refractivity contribution < 1.29 is 24.6 Å². The number of hydrogen-bond acceptors (Lipinski definition) is 5. The van der Waals surface area contributed by atoms with Crippen LogP contribution in [0.25, 0.3) is 0 Å². The van der Waals surface area contributed by atoms with Gasteiger partial charge in [-0.15, -0.1) is 0 Å². The Morgan fingerprint density at radius 2 is 1.75 bits per heavy atom. The lowest BCUT2D eigenvalue weighted by Gasteiger charge is -2.09. The molecule has 92 valence electrons. The third-order valence-electron chi connectivity index (χ3n) is 2.10. The Morgan fingerprint density at radius 1 is 1.19 bits per heavy atom. The maximum Gasteiger partial charge on any atom is 0.320 e. The Morgan fingerprint density at radius 3 is 2.12 bits per heavy atom. The first-order chi connectivity index (χ1) is 7.38. The molecule has 0 saturated heterocycles. The van der Waals surface area contributed by atoms with Crippen LogP contribution in [0.5, 0.6) is 0 Å². The van der Waals surface area contributed by atoms with Gasteiger partial charge in [0.2, 0.25) is 0 Å². The maximum absolute atomic E-state index is 11.3. The molecule has 0 amide bonds. The average Bonchev–Trinajstić information content (AvgIpc) is 2.21. The van der Waals surface area contributed by atoms with Gasteiger partial charge in [0.1, 0.15) is 11.8 Å². The number of ketones is 1. The first-order valence-electron chi connectivity index (χ1n) is 4.72. The smallest absolute Gasteiger partial charge is 0.320 e. The molecule has 0 aromatic rings. The van der Waals surface area contributed by atoms with Crippen LogP contribution < -0.4 is 5.73 Å². The molecule has 6 nitrogen and oxygen atoms in total. The molecule has 0 fully saturated rings. The van der Waals surface area contributed by atoms with Gasteiger partial charge in [0.15, 0.2) is 0 Å². The molecule has 0 heterocycles. The van der Waals surface area contributed by atoms with E-state index >= 15 is 0 Å².